The van der Waals surface area contributed by atoms with E-state index in [-0.39, 0.29) is 13.0 Å². The molecule has 0 amide bonds. The van der Waals surface area contributed by atoms with Crippen LogP contribution < -0.4 is 0 Å². The molecule has 0 aromatic carbocycles. The van der Waals surface area contributed by atoms with Crippen LogP contribution in [0.3, 0.4) is 0 Å². The summed E-state index contributed by atoms with van der Waals surface area (Å²) in [5.74, 6) is -4.30. The largest absolute Gasteiger partial charge is 0.463 e. The third-order valence-corrected chi connectivity index (χ3v) is 3.91. The fraction of sp³-hybridized carbons (Fsp3) is 0.765. The molecule has 2 aliphatic heterocycles. The molecule has 0 aromatic rings. The Balaban J connectivity index is 2.30. The van der Waals surface area contributed by atoms with E-state index in [1.54, 1.807) is 6.92 Å². The van der Waals surface area contributed by atoms with Crippen molar-refractivity contribution in [1.29, 1.82) is 0 Å². The summed E-state index contributed by atoms with van der Waals surface area (Å²) in [4.78, 5) is 46.0. The van der Waals surface area contributed by atoms with Gasteiger partial charge in [-0.15, -0.1) is 0 Å². The van der Waals surface area contributed by atoms with Crippen LogP contribution in [0, 0.1) is 0 Å². The van der Waals surface area contributed by atoms with Gasteiger partial charge in [-0.1, -0.05) is 6.92 Å². The molecule has 0 spiro atoms. The van der Waals surface area contributed by atoms with Gasteiger partial charge in [-0.05, 0) is 0 Å². The first-order valence-electron chi connectivity index (χ1n) is 8.75. The highest BCUT2D eigenvalue weighted by atomic mass is 16.9. The van der Waals surface area contributed by atoms with Crippen molar-refractivity contribution < 1.29 is 52.3 Å². The van der Waals surface area contributed by atoms with Crippen molar-refractivity contribution in [1.82, 2.24) is 0 Å². The molecule has 2 rings (SSSR count). The predicted molar refractivity (Wildman–Crippen MR) is 87.1 cm³/mol. The lowest BCUT2D eigenvalue weighted by molar-refractivity contribution is -0.328. The number of hydrogen-bond acceptors (Lipinski definition) is 11. The van der Waals surface area contributed by atoms with Gasteiger partial charge in [-0.25, -0.2) is 0 Å². The number of carbonyl (C=O) groups excluding carboxylic acids is 4. The van der Waals surface area contributed by atoms with Gasteiger partial charge < -0.3 is 28.4 Å². The third kappa shape index (κ3) is 5.40. The molecule has 2 fully saturated rings. The van der Waals surface area contributed by atoms with Crippen molar-refractivity contribution in [2.24, 2.45) is 0 Å². The van der Waals surface area contributed by atoms with E-state index in [1.165, 1.54) is 27.7 Å². The Morgan fingerprint density at radius 1 is 0.929 bits per heavy atom. The Morgan fingerprint density at radius 3 is 2.07 bits per heavy atom. The Kier molecular flexibility index (Phi) is 6.96. The number of esters is 4. The van der Waals surface area contributed by atoms with E-state index >= 15 is 0 Å². The molecule has 6 atom stereocenters. The van der Waals surface area contributed by atoms with E-state index in [4.69, 9.17) is 33.2 Å². The van der Waals surface area contributed by atoms with Crippen LogP contribution in [0.1, 0.15) is 41.0 Å². The van der Waals surface area contributed by atoms with Crippen LogP contribution in [-0.2, 0) is 52.3 Å². The topological polar surface area (TPSA) is 133 Å². The lowest BCUT2D eigenvalue weighted by Gasteiger charge is -2.40. The van der Waals surface area contributed by atoms with E-state index < -0.39 is 60.6 Å². The molecule has 0 bridgehead atoms. The summed E-state index contributed by atoms with van der Waals surface area (Å²) in [6, 6.07) is 0. The maximum Gasteiger partial charge on any atom is 0.329 e. The maximum absolute atomic E-state index is 11.7. The minimum Gasteiger partial charge on any atom is -0.463 e. The molecule has 11 nitrogen and oxygen atoms in total. The van der Waals surface area contributed by atoms with Gasteiger partial charge in [0.25, 0.3) is 0 Å². The van der Waals surface area contributed by atoms with E-state index in [2.05, 4.69) is 0 Å². The van der Waals surface area contributed by atoms with Crippen LogP contribution in [-0.4, -0.2) is 67.2 Å². The maximum atomic E-state index is 11.7. The standard InChI is InChI=1S/C17H24O11/c1-6-12(21)26-17(5)27-15-14(24-10(4)20)13(23-9(3)19)11(7-22-8(2)18)25-16(15)28-17/h11,13-16H,6-7H2,1-5H3/t11-,13-,14+,15-,16?,17?/m1/s1. The van der Waals surface area contributed by atoms with Crippen molar-refractivity contribution in [2.75, 3.05) is 6.61 Å². The summed E-state index contributed by atoms with van der Waals surface area (Å²) < 4.78 is 37.6. The molecule has 28 heavy (non-hydrogen) atoms. The lowest BCUT2D eigenvalue weighted by Crippen LogP contribution is -2.60. The van der Waals surface area contributed by atoms with E-state index in [0.29, 0.717) is 0 Å². The fourth-order valence-corrected chi connectivity index (χ4v) is 2.90. The zero-order chi connectivity index (χ0) is 21.1. The normalized spacial score (nSPS) is 34.1. The van der Waals surface area contributed by atoms with Crippen molar-refractivity contribution in [3.63, 3.8) is 0 Å². The summed E-state index contributed by atoms with van der Waals surface area (Å²) in [6.45, 7) is 6.20. The zero-order valence-electron chi connectivity index (χ0n) is 16.3. The number of ether oxygens (including phenoxy) is 7. The summed E-state index contributed by atoms with van der Waals surface area (Å²) in [5, 5.41) is 0. The molecule has 2 aliphatic rings. The van der Waals surface area contributed by atoms with Gasteiger partial charge in [-0.2, -0.15) is 0 Å². The van der Waals surface area contributed by atoms with Crippen LogP contribution in [0.2, 0.25) is 0 Å². The van der Waals surface area contributed by atoms with E-state index in [9.17, 15) is 19.2 Å². The Labute approximate surface area is 161 Å². The van der Waals surface area contributed by atoms with Crippen molar-refractivity contribution in [3.05, 3.63) is 0 Å². The Hall–Kier alpha value is -2.24. The highest BCUT2D eigenvalue weighted by Gasteiger charge is 2.60. The fourth-order valence-electron chi connectivity index (χ4n) is 2.90. The average molecular weight is 404 g/mol. The molecule has 0 N–H and O–H groups in total. The second-order valence-electron chi connectivity index (χ2n) is 6.38. The lowest BCUT2D eigenvalue weighted by atomic mass is 9.98. The van der Waals surface area contributed by atoms with Crippen LogP contribution in [0.25, 0.3) is 0 Å². The molecule has 158 valence electrons. The molecule has 0 radical (unpaired) electrons. The zero-order valence-corrected chi connectivity index (χ0v) is 16.3. The number of fused-ring (bicyclic) bond motifs is 1. The average Bonchev–Trinajstić information content (AvgIpc) is 2.90. The molecule has 2 unspecified atom stereocenters. The van der Waals surface area contributed by atoms with E-state index in [1.807, 2.05) is 0 Å². The molecule has 0 saturated carbocycles. The van der Waals surface area contributed by atoms with Gasteiger partial charge in [0.05, 0.1) is 0 Å². The van der Waals surface area contributed by atoms with Crippen LogP contribution >= 0.6 is 0 Å². The summed E-state index contributed by atoms with van der Waals surface area (Å²) in [6.07, 6.45) is -5.41. The van der Waals surface area contributed by atoms with Crippen molar-refractivity contribution >= 4 is 23.9 Å². The van der Waals surface area contributed by atoms with Gasteiger partial charge in [0, 0.05) is 34.1 Å². The minimum atomic E-state index is -1.79. The molecule has 0 aromatic heterocycles. The van der Waals surface area contributed by atoms with Gasteiger partial charge in [0.2, 0.25) is 0 Å². The summed E-state index contributed by atoms with van der Waals surface area (Å²) in [7, 11) is 0. The van der Waals surface area contributed by atoms with Crippen molar-refractivity contribution in [2.45, 2.75) is 77.7 Å². The van der Waals surface area contributed by atoms with Crippen LogP contribution in [0.5, 0.6) is 0 Å². The van der Waals surface area contributed by atoms with Crippen LogP contribution in [0.15, 0.2) is 0 Å². The summed E-state index contributed by atoms with van der Waals surface area (Å²) in [5.41, 5.74) is 0. The first-order valence-corrected chi connectivity index (χ1v) is 8.75. The first-order chi connectivity index (χ1) is 13.0. The monoisotopic (exact) mass is 404 g/mol. The first kappa shape index (κ1) is 22.1. The Morgan fingerprint density at radius 2 is 1.54 bits per heavy atom. The van der Waals surface area contributed by atoms with Crippen molar-refractivity contribution in [3.8, 4) is 0 Å². The van der Waals surface area contributed by atoms with E-state index in [0.717, 1.165) is 0 Å². The second kappa shape index (κ2) is 8.84. The molecular weight excluding hydrogens is 380 g/mol. The summed E-state index contributed by atoms with van der Waals surface area (Å²) >= 11 is 0. The highest BCUT2D eigenvalue weighted by molar-refractivity contribution is 5.69. The molecule has 11 heteroatoms. The van der Waals surface area contributed by atoms with Crippen LogP contribution in [0.4, 0.5) is 0 Å². The highest BCUT2D eigenvalue weighted by Crippen LogP contribution is 2.39. The van der Waals surface area contributed by atoms with Gasteiger partial charge >= 0.3 is 29.9 Å². The number of rotatable bonds is 6. The van der Waals surface area contributed by atoms with Gasteiger partial charge in [0.15, 0.2) is 24.6 Å². The second-order valence-corrected chi connectivity index (χ2v) is 6.38. The molecule has 0 aliphatic carbocycles. The molecular formula is C17H24O11. The van der Waals surface area contributed by atoms with Gasteiger partial charge in [0.1, 0.15) is 12.7 Å². The molecule has 2 heterocycles. The minimum absolute atomic E-state index is 0.0804. The number of carbonyl (C=O) groups is 4. The molecule has 2 saturated heterocycles. The smallest absolute Gasteiger partial charge is 0.329 e. The quantitative estimate of drug-likeness (QED) is 0.443. The predicted octanol–water partition coefficient (Wildman–Crippen LogP) is 0.180. The van der Waals surface area contributed by atoms with Gasteiger partial charge in [-0.3, -0.25) is 23.9 Å². The third-order valence-electron chi connectivity index (χ3n) is 3.91. The number of hydrogen-bond donors (Lipinski definition) is 0. The Bertz CT molecular complexity index is 633. The SMILES string of the molecule is CCC(=O)OC1(C)OC2O[C@H](COC(C)=O)[C@@H](OC(C)=O)[C@H](OC(C)=O)[C@H]2O1.